The summed E-state index contributed by atoms with van der Waals surface area (Å²) < 4.78 is 47.0. The predicted molar refractivity (Wildman–Crippen MR) is 51.4 cm³/mol. The number of pyridine rings is 1. The zero-order chi connectivity index (χ0) is 11.8. The molecule has 0 aliphatic rings. The molecule has 0 unspecified atom stereocenters. The van der Waals surface area contributed by atoms with Crippen molar-refractivity contribution in [3.05, 3.63) is 17.3 Å². The Balaban J connectivity index is 3.62. The van der Waals surface area contributed by atoms with Crippen LogP contribution in [0.1, 0.15) is 17.7 Å². The predicted octanol–water partition coefficient (Wildman–Crippen LogP) is 1.84. The lowest BCUT2D eigenvalue weighted by atomic mass is 10.2. The quantitative estimate of drug-likeness (QED) is 0.820. The lowest BCUT2D eigenvalue weighted by molar-refractivity contribution is 0.142. The molecule has 1 aromatic rings. The van der Waals surface area contributed by atoms with Gasteiger partial charge in [0.25, 0.3) is 15.5 Å². The van der Waals surface area contributed by atoms with Crippen molar-refractivity contribution in [2.24, 2.45) is 0 Å². The second kappa shape index (κ2) is 3.90. The third kappa shape index (κ3) is 2.54. The topological polar surface area (TPSA) is 73.0 Å². The van der Waals surface area contributed by atoms with Crippen LogP contribution in [0.25, 0.3) is 0 Å². The summed E-state index contributed by atoms with van der Waals surface area (Å²) in [6, 6.07) is 1.17. The number of aryl methyl sites for hydroxylation is 1. The number of hydrogen-bond acceptors (Lipinski definition) is 4. The van der Waals surface area contributed by atoms with E-state index in [2.05, 4.69) is 4.98 Å². The molecule has 0 atom stereocenters. The van der Waals surface area contributed by atoms with E-state index in [4.69, 9.17) is 16.4 Å². The molecule has 0 saturated heterocycles. The molecule has 1 heterocycles. The van der Waals surface area contributed by atoms with Gasteiger partial charge >= 0.3 is 0 Å². The number of anilines is 1. The summed E-state index contributed by atoms with van der Waals surface area (Å²) in [5.41, 5.74) is 4.36. The first-order chi connectivity index (χ1) is 6.73. The minimum Gasteiger partial charge on any atom is -0.384 e. The molecule has 4 nitrogen and oxygen atoms in total. The molecule has 0 aliphatic carbocycles. The lowest BCUT2D eigenvalue weighted by Gasteiger charge is -2.08. The molecule has 0 spiro atoms. The van der Waals surface area contributed by atoms with Crippen LogP contribution in [0.15, 0.2) is 11.0 Å². The van der Waals surface area contributed by atoms with Gasteiger partial charge in [0.05, 0.1) is 0 Å². The number of nitrogens with zero attached hydrogens (tertiary/aromatic N) is 1. The van der Waals surface area contributed by atoms with Crippen molar-refractivity contribution in [3.8, 4) is 0 Å². The smallest absolute Gasteiger partial charge is 0.281 e. The van der Waals surface area contributed by atoms with Crippen molar-refractivity contribution in [2.75, 3.05) is 5.73 Å². The van der Waals surface area contributed by atoms with Gasteiger partial charge < -0.3 is 5.73 Å². The minimum atomic E-state index is -4.25. The van der Waals surface area contributed by atoms with Crippen LogP contribution in [-0.2, 0) is 9.05 Å². The van der Waals surface area contributed by atoms with Crippen molar-refractivity contribution < 1.29 is 17.2 Å². The fraction of sp³-hybridized carbons (Fsp3) is 0.286. The van der Waals surface area contributed by atoms with Gasteiger partial charge in [0.15, 0.2) is 0 Å². The summed E-state index contributed by atoms with van der Waals surface area (Å²) in [6.45, 7) is 1.32. The van der Waals surface area contributed by atoms with Crippen LogP contribution in [0.2, 0.25) is 0 Å². The fourth-order valence-electron chi connectivity index (χ4n) is 1.18. The molecule has 1 aromatic heterocycles. The van der Waals surface area contributed by atoms with Crippen LogP contribution >= 0.6 is 10.7 Å². The van der Waals surface area contributed by atoms with E-state index >= 15 is 0 Å². The molecule has 0 amide bonds. The maximum absolute atomic E-state index is 12.5. The summed E-state index contributed by atoms with van der Waals surface area (Å²) in [5.74, 6) is -0.174. The Morgan fingerprint density at radius 3 is 2.47 bits per heavy atom. The molecule has 1 rings (SSSR count). The highest BCUT2D eigenvalue weighted by molar-refractivity contribution is 8.13. The van der Waals surface area contributed by atoms with Gasteiger partial charge in [0.1, 0.15) is 16.4 Å². The van der Waals surface area contributed by atoms with E-state index in [0.717, 1.165) is 0 Å². The first-order valence-electron chi connectivity index (χ1n) is 3.73. The van der Waals surface area contributed by atoms with E-state index in [1.807, 2.05) is 0 Å². The van der Waals surface area contributed by atoms with Crippen LogP contribution in [0.3, 0.4) is 0 Å². The third-order valence-electron chi connectivity index (χ3n) is 1.66. The largest absolute Gasteiger partial charge is 0.384 e. The van der Waals surface area contributed by atoms with Crippen molar-refractivity contribution in [1.29, 1.82) is 0 Å². The SMILES string of the molecule is Cc1cc(N)nc(C(F)F)c1S(=O)(=O)Cl. The highest BCUT2D eigenvalue weighted by Crippen LogP contribution is 2.30. The van der Waals surface area contributed by atoms with E-state index < -0.39 is 26.1 Å². The van der Waals surface area contributed by atoms with Crippen molar-refractivity contribution in [3.63, 3.8) is 0 Å². The van der Waals surface area contributed by atoms with Crippen LogP contribution in [0.5, 0.6) is 0 Å². The number of nitrogens with two attached hydrogens (primary N) is 1. The number of halogens is 3. The highest BCUT2D eigenvalue weighted by atomic mass is 35.7. The molecule has 0 aromatic carbocycles. The molecule has 0 saturated carbocycles. The molecular formula is C7H7ClF2N2O2S. The van der Waals surface area contributed by atoms with Crippen LogP contribution in [-0.4, -0.2) is 13.4 Å². The lowest BCUT2D eigenvalue weighted by Crippen LogP contribution is -2.07. The number of aromatic nitrogens is 1. The second-order valence-corrected chi connectivity index (χ2v) is 5.32. The maximum Gasteiger partial charge on any atom is 0.281 e. The molecule has 15 heavy (non-hydrogen) atoms. The molecule has 2 N–H and O–H groups in total. The molecular weight excluding hydrogens is 250 g/mol. The van der Waals surface area contributed by atoms with Gasteiger partial charge in [-0.3, -0.25) is 0 Å². The molecule has 8 heteroatoms. The van der Waals surface area contributed by atoms with Gasteiger partial charge in [-0.2, -0.15) is 0 Å². The van der Waals surface area contributed by atoms with Gasteiger partial charge in [-0.1, -0.05) is 0 Å². The molecule has 0 radical (unpaired) electrons. The summed E-state index contributed by atoms with van der Waals surface area (Å²) in [5, 5.41) is 0. The van der Waals surface area contributed by atoms with E-state index in [1.165, 1.54) is 13.0 Å². The average molecular weight is 257 g/mol. The first kappa shape index (κ1) is 12.1. The van der Waals surface area contributed by atoms with E-state index in [1.54, 1.807) is 0 Å². The number of rotatable bonds is 2. The van der Waals surface area contributed by atoms with Crippen LogP contribution < -0.4 is 5.73 Å². The summed E-state index contributed by atoms with van der Waals surface area (Å²) in [7, 11) is 0.772. The van der Waals surface area contributed by atoms with E-state index in [9.17, 15) is 17.2 Å². The summed E-state index contributed by atoms with van der Waals surface area (Å²) in [4.78, 5) is 2.59. The van der Waals surface area contributed by atoms with Crippen molar-refractivity contribution in [1.82, 2.24) is 4.98 Å². The normalized spacial score (nSPS) is 12.1. The third-order valence-corrected chi connectivity index (χ3v) is 3.14. The molecule has 0 aliphatic heterocycles. The Bertz CT molecular complexity index is 490. The number of alkyl halides is 2. The van der Waals surface area contributed by atoms with Crippen LogP contribution in [0, 0.1) is 6.92 Å². The van der Waals surface area contributed by atoms with Gasteiger partial charge in [-0.25, -0.2) is 22.2 Å². The summed E-state index contributed by atoms with van der Waals surface area (Å²) in [6.07, 6.45) is -3.05. The Labute approximate surface area is 89.5 Å². The Morgan fingerprint density at radius 2 is 2.07 bits per heavy atom. The van der Waals surface area contributed by atoms with Crippen molar-refractivity contribution >= 4 is 25.6 Å². The Kier molecular flexibility index (Phi) is 3.15. The fourth-order valence-corrected chi connectivity index (χ4v) is 2.61. The Morgan fingerprint density at radius 1 is 1.53 bits per heavy atom. The number of nitrogen functional groups attached to an aromatic ring is 1. The number of hydrogen-bond donors (Lipinski definition) is 1. The van der Waals surface area contributed by atoms with Crippen LogP contribution in [0.4, 0.5) is 14.6 Å². The standard InChI is InChI=1S/C7H7ClF2N2O2S/c1-3-2-4(11)12-5(7(9)10)6(3)15(8,13)14/h2,7H,1H3,(H2,11,12). The maximum atomic E-state index is 12.5. The Hall–Kier alpha value is -0.950. The van der Waals surface area contributed by atoms with Gasteiger partial charge in [0, 0.05) is 10.7 Å². The highest BCUT2D eigenvalue weighted by Gasteiger charge is 2.26. The van der Waals surface area contributed by atoms with E-state index in [0.29, 0.717) is 0 Å². The molecule has 0 bridgehead atoms. The monoisotopic (exact) mass is 256 g/mol. The van der Waals surface area contributed by atoms with Gasteiger partial charge in [-0.15, -0.1) is 0 Å². The zero-order valence-electron chi connectivity index (χ0n) is 7.54. The zero-order valence-corrected chi connectivity index (χ0v) is 9.11. The summed E-state index contributed by atoms with van der Waals surface area (Å²) >= 11 is 0. The first-order valence-corrected chi connectivity index (χ1v) is 6.04. The van der Waals surface area contributed by atoms with E-state index in [-0.39, 0.29) is 11.4 Å². The van der Waals surface area contributed by atoms with Gasteiger partial charge in [0.2, 0.25) is 0 Å². The minimum absolute atomic E-state index is 0.0489. The second-order valence-electron chi connectivity index (χ2n) is 2.82. The molecule has 0 fully saturated rings. The average Bonchev–Trinajstić information content (AvgIpc) is 1.99. The molecule has 84 valence electrons. The van der Waals surface area contributed by atoms with Gasteiger partial charge in [-0.05, 0) is 18.6 Å². The van der Waals surface area contributed by atoms with Crippen molar-refractivity contribution in [2.45, 2.75) is 18.2 Å².